The van der Waals surface area contributed by atoms with Gasteiger partial charge in [0.1, 0.15) is 24.6 Å². The lowest BCUT2D eigenvalue weighted by molar-refractivity contribution is -0.0511. The molecule has 0 spiro atoms. The highest BCUT2D eigenvalue weighted by molar-refractivity contribution is 5.82. The van der Waals surface area contributed by atoms with Crippen LogP contribution in [0.1, 0.15) is 12.6 Å². The zero-order valence-corrected chi connectivity index (χ0v) is 13.4. The molecule has 1 aliphatic carbocycles. The van der Waals surface area contributed by atoms with Gasteiger partial charge in [-0.2, -0.15) is 0 Å². The summed E-state index contributed by atoms with van der Waals surface area (Å²) in [6, 6.07) is 0. The summed E-state index contributed by atoms with van der Waals surface area (Å²) in [5, 5.41) is 32.6. The normalized spacial score (nSPS) is 28.7. The molecule has 0 bridgehead atoms. The SMILES string of the molecule is OC[C@H]1O[C@@H](n2cnc3c(NCC4=CCC=C4)ncnc32)C(O)[C@H]1O. The molecule has 2 aromatic rings. The van der Waals surface area contributed by atoms with Crippen molar-refractivity contribution in [1.29, 1.82) is 0 Å². The quantitative estimate of drug-likeness (QED) is 0.584. The van der Waals surface area contributed by atoms with Crippen molar-refractivity contribution in [3.63, 3.8) is 0 Å². The lowest BCUT2D eigenvalue weighted by Gasteiger charge is -2.16. The molecule has 0 aromatic carbocycles. The number of anilines is 1. The van der Waals surface area contributed by atoms with Gasteiger partial charge in [0.05, 0.1) is 12.9 Å². The number of rotatable bonds is 5. The maximum Gasteiger partial charge on any atom is 0.167 e. The Hall–Kier alpha value is -2.33. The van der Waals surface area contributed by atoms with Crippen LogP contribution in [0, 0.1) is 0 Å². The minimum absolute atomic E-state index is 0.383. The molecule has 4 N–H and O–H groups in total. The molecule has 2 aliphatic rings. The number of hydrogen-bond acceptors (Lipinski definition) is 8. The number of allylic oxidation sites excluding steroid dienone is 2. The number of aliphatic hydroxyl groups excluding tert-OH is 3. The van der Waals surface area contributed by atoms with Crippen LogP contribution in [0.5, 0.6) is 0 Å². The summed E-state index contributed by atoms with van der Waals surface area (Å²) in [7, 11) is 0. The standard InChI is InChI=1S/C16H19N5O4/c22-6-10-12(23)13(24)16(25-10)21-8-20-11-14(18-7-19-15(11)21)17-5-9-3-1-2-4-9/h1,3-4,7-8,10,12-13,16,22-24H,2,5-6H2,(H,17,18,19)/t10-,12+,13?,16-/m1/s1. The Morgan fingerprint density at radius 2 is 2.12 bits per heavy atom. The van der Waals surface area contributed by atoms with Crippen LogP contribution in [0.15, 0.2) is 36.5 Å². The van der Waals surface area contributed by atoms with E-state index in [1.54, 1.807) is 4.57 Å². The fourth-order valence-electron chi connectivity index (χ4n) is 3.10. The molecule has 9 nitrogen and oxygen atoms in total. The van der Waals surface area contributed by atoms with Gasteiger partial charge in [-0.25, -0.2) is 15.0 Å². The van der Waals surface area contributed by atoms with Crippen LogP contribution < -0.4 is 5.32 Å². The Labute approximate surface area is 143 Å². The van der Waals surface area contributed by atoms with Crippen molar-refractivity contribution in [3.8, 4) is 0 Å². The van der Waals surface area contributed by atoms with Gasteiger partial charge in [-0.05, 0) is 12.0 Å². The molecule has 9 heteroatoms. The maximum atomic E-state index is 10.2. The molecule has 25 heavy (non-hydrogen) atoms. The first-order chi connectivity index (χ1) is 12.2. The average Bonchev–Trinajstić information content (AvgIpc) is 3.34. The topological polar surface area (TPSA) is 126 Å². The van der Waals surface area contributed by atoms with Crippen molar-refractivity contribution in [2.75, 3.05) is 18.5 Å². The second kappa shape index (κ2) is 6.52. The second-order valence-electron chi connectivity index (χ2n) is 6.05. The van der Waals surface area contributed by atoms with Crippen molar-refractivity contribution in [2.45, 2.75) is 31.0 Å². The molecule has 4 rings (SSSR count). The van der Waals surface area contributed by atoms with Crippen molar-refractivity contribution in [2.24, 2.45) is 0 Å². The van der Waals surface area contributed by atoms with E-state index in [0.29, 0.717) is 23.5 Å². The lowest BCUT2D eigenvalue weighted by Crippen LogP contribution is -2.33. The van der Waals surface area contributed by atoms with Crippen molar-refractivity contribution >= 4 is 17.0 Å². The number of aliphatic hydroxyl groups is 3. The van der Waals surface area contributed by atoms with Gasteiger partial charge >= 0.3 is 0 Å². The van der Waals surface area contributed by atoms with Crippen LogP contribution >= 0.6 is 0 Å². The van der Waals surface area contributed by atoms with Gasteiger partial charge in [0.15, 0.2) is 23.2 Å². The molecule has 2 aromatic heterocycles. The Balaban J connectivity index is 1.61. The zero-order chi connectivity index (χ0) is 17.4. The Morgan fingerprint density at radius 3 is 2.84 bits per heavy atom. The van der Waals surface area contributed by atoms with E-state index >= 15 is 0 Å². The number of fused-ring (bicyclic) bond motifs is 1. The first-order valence-corrected chi connectivity index (χ1v) is 8.08. The van der Waals surface area contributed by atoms with Crippen LogP contribution in [0.25, 0.3) is 11.2 Å². The summed E-state index contributed by atoms with van der Waals surface area (Å²) in [4.78, 5) is 12.8. The van der Waals surface area contributed by atoms with Crippen molar-refractivity contribution in [3.05, 3.63) is 36.5 Å². The van der Waals surface area contributed by atoms with Gasteiger partial charge in [-0.15, -0.1) is 0 Å². The Bertz CT molecular complexity index is 833. The van der Waals surface area contributed by atoms with E-state index in [4.69, 9.17) is 4.74 Å². The van der Waals surface area contributed by atoms with E-state index in [9.17, 15) is 15.3 Å². The number of hydrogen-bond donors (Lipinski definition) is 4. The molecule has 1 saturated heterocycles. The van der Waals surface area contributed by atoms with Crippen molar-refractivity contribution in [1.82, 2.24) is 19.5 Å². The lowest BCUT2D eigenvalue weighted by atomic mass is 10.1. The third-order valence-electron chi connectivity index (χ3n) is 4.46. The molecular weight excluding hydrogens is 326 g/mol. The largest absolute Gasteiger partial charge is 0.394 e. The summed E-state index contributed by atoms with van der Waals surface area (Å²) < 4.78 is 7.08. The van der Waals surface area contributed by atoms with Crippen LogP contribution in [0.2, 0.25) is 0 Å². The van der Waals surface area contributed by atoms with E-state index in [1.165, 1.54) is 18.2 Å². The van der Waals surface area contributed by atoms with Gasteiger partial charge < -0.3 is 25.4 Å². The summed E-state index contributed by atoms with van der Waals surface area (Å²) in [5.41, 5.74) is 2.20. The van der Waals surface area contributed by atoms with Gasteiger partial charge in [0.25, 0.3) is 0 Å². The monoisotopic (exact) mass is 345 g/mol. The predicted octanol–water partition coefficient (Wildman–Crippen LogP) is -0.264. The van der Waals surface area contributed by atoms with Crippen LogP contribution in [0.4, 0.5) is 5.82 Å². The van der Waals surface area contributed by atoms with E-state index < -0.39 is 24.5 Å². The minimum atomic E-state index is -1.19. The molecule has 1 fully saturated rings. The molecule has 4 atom stereocenters. The third kappa shape index (κ3) is 2.81. The highest BCUT2D eigenvalue weighted by Crippen LogP contribution is 2.32. The second-order valence-corrected chi connectivity index (χ2v) is 6.05. The number of aromatic nitrogens is 4. The predicted molar refractivity (Wildman–Crippen MR) is 88.7 cm³/mol. The maximum absolute atomic E-state index is 10.2. The highest BCUT2D eigenvalue weighted by Gasteiger charge is 2.44. The molecule has 132 valence electrons. The summed E-state index contributed by atoms with van der Waals surface area (Å²) >= 11 is 0. The molecule has 1 aliphatic heterocycles. The van der Waals surface area contributed by atoms with Gasteiger partial charge in [0.2, 0.25) is 0 Å². The third-order valence-corrected chi connectivity index (χ3v) is 4.46. The molecule has 0 saturated carbocycles. The Morgan fingerprint density at radius 1 is 1.24 bits per heavy atom. The van der Waals surface area contributed by atoms with E-state index in [0.717, 1.165) is 6.42 Å². The zero-order valence-electron chi connectivity index (χ0n) is 13.4. The van der Waals surface area contributed by atoms with Crippen LogP contribution in [-0.2, 0) is 4.74 Å². The minimum Gasteiger partial charge on any atom is -0.394 e. The molecule has 0 amide bonds. The fraction of sp³-hybridized carbons (Fsp3) is 0.438. The highest BCUT2D eigenvalue weighted by atomic mass is 16.6. The van der Waals surface area contributed by atoms with E-state index in [1.807, 2.05) is 0 Å². The molecule has 1 unspecified atom stereocenters. The number of imidazole rings is 1. The Kier molecular flexibility index (Phi) is 4.22. The first kappa shape index (κ1) is 16.2. The average molecular weight is 345 g/mol. The van der Waals surface area contributed by atoms with Crippen molar-refractivity contribution < 1.29 is 20.1 Å². The van der Waals surface area contributed by atoms with E-state index in [-0.39, 0.29) is 6.61 Å². The molecular formula is C16H19N5O4. The van der Waals surface area contributed by atoms with Gasteiger partial charge in [0, 0.05) is 6.54 Å². The number of ether oxygens (including phenoxy) is 1. The molecule has 3 heterocycles. The van der Waals surface area contributed by atoms with Gasteiger partial charge in [-0.3, -0.25) is 4.57 Å². The van der Waals surface area contributed by atoms with Gasteiger partial charge in [-0.1, -0.05) is 18.2 Å². The summed E-state index contributed by atoms with van der Waals surface area (Å²) in [5.74, 6) is 0.580. The number of nitrogens with zero attached hydrogens (tertiary/aromatic N) is 4. The molecule has 0 radical (unpaired) electrons. The fourth-order valence-corrected chi connectivity index (χ4v) is 3.10. The summed E-state index contributed by atoms with van der Waals surface area (Å²) in [6.07, 6.45) is 6.02. The smallest absolute Gasteiger partial charge is 0.167 e. The first-order valence-electron chi connectivity index (χ1n) is 8.08. The van der Waals surface area contributed by atoms with E-state index in [2.05, 4.69) is 38.5 Å². The number of nitrogens with one attached hydrogen (secondary N) is 1. The summed E-state index contributed by atoms with van der Waals surface area (Å²) in [6.45, 7) is 0.245. The van der Waals surface area contributed by atoms with Crippen LogP contribution in [-0.4, -0.2) is 66.3 Å². The van der Waals surface area contributed by atoms with Crippen LogP contribution in [0.3, 0.4) is 0 Å².